The zero-order valence-corrected chi connectivity index (χ0v) is 34.1. The number of hydrogen-bond donors (Lipinski definition) is 0. The highest BCUT2D eigenvalue weighted by Gasteiger charge is 2.21. The number of rotatable bonds is 7. The first-order valence-corrected chi connectivity index (χ1v) is 21.3. The van der Waals surface area contributed by atoms with Crippen molar-refractivity contribution >= 4 is 43.5 Å². The van der Waals surface area contributed by atoms with Crippen molar-refractivity contribution in [1.82, 2.24) is 15.0 Å². The molecule has 0 fully saturated rings. The van der Waals surface area contributed by atoms with Crippen LogP contribution < -0.4 is 0 Å². The second-order valence-corrected chi connectivity index (χ2v) is 15.9. The summed E-state index contributed by atoms with van der Waals surface area (Å²) < 4.78 is 6.88. The van der Waals surface area contributed by atoms with E-state index in [0.717, 1.165) is 77.2 Å². The molecule has 0 unspecified atom stereocenters. The third-order valence-electron chi connectivity index (χ3n) is 12.1. The molecule has 0 saturated heterocycles. The van der Waals surface area contributed by atoms with E-state index < -0.39 is 0 Å². The van der Waals surface area contributed by atoms with Crippen LogP contribution in [0, 0.1) is 0 Å². The highest BCUT2D eigenvalue weighted by Crippen LogP contribution is 2.43. The fourth-order valence-electron chi connectivity index (χ4n) is 9.06. The minimum atomic E-state index is 0.579. The van der Waals surface area contributed by atoms with Gasteiger partial charge in [0.1, 0.15) is 11.2 Å². The number of furan rings is 1. The van der Waals surface area contributed by atoms with Gasteiger partial charge in [-0.05, 0) is 84.8 Å². The van der Waals surface area contributed by atoms with Crippen LogP contribution in [0.25, 0.3) is 122 Å². The molecule has 4 nitrogen and oxygen atoms in total. The third-order valence-corrected chi connectivity index (χ3v) is 12.1. The van der Waals surface area contributed by atoms with Crippen LogP contribution in [0.3, 0.4) is 0 Å². The van der Waals surface area contributed by atoms with Crippen LogP contribution in [0.1, 0.15) is 0 Å². The Morgan fingerprint density at radius 1 is 0.270 bits per heavy atom. The Morgan fingerprint density at radius 2 is 0.762 bits per heavy atom. The average Bonchev–Trinajstić information content (AvgIpc) is 3.76. The molecule has 0 amide bonds. The standard InChI is InChI=1S/C59H37N3O/c1-4-15-38(16-5-1)40-29-31-42(32-30-40)57-60-58(50-25-12-22-45-35-43(33-34-48(45)50)39-17-6-2-7-18-39)62-59(61-57)52-27-14-28-54-55(52)51-26-13-24-49(56(51)63-54)46-36-44-21-10-11-23-47(44)53(37-46)41-19-8-3-9-20-41/h1-37H. The zero-order chi connectivity index (χ0) is 41.7. The van der Waals surface area contributed by atoms with E-state index in [1.807, 2.05) is 24.3 Å². The van der Waals surface area contributed by atoms with E-state index in [0.29, 0.717) is 17.5 Å². The Bertz CT molecular complexity index is 3650. The molecule has 0 atom stereocenters. The summed E-state index contributed by atoms with van der Waals surface area (Å²) >= 11 is 0. The van der Waals surface area contributed by atoms with E-state index in [1.54, 1.807) is 0 Å². The van der Waals surface area contributed by atoms with E-state index in [9.17, 15) is 0 Å². The summed E-state index contributed by atoms with van der Waals surface area (Å²) in [5.74, 6) is 1.79. The van der Waals surface area contributed by atoms with Crippen LogP contribution in [0.15, 0.2) is 229 Å². The van der Waals surface area contributed by atoms with Crippen molar-refractivity contribution in [3.8, 4) is 78.7 Å². The van der Waals surface area contributed by atoms with Gasteiger partial charge in [0, 0.05) is 33.0 Å². The molecule has 12 rings (SSSR count). The minimum Gasteiger partial charge on any atom is -0.455 e. The first-order chi connectivity index (χ1) is 31.2. The first-order valence-electron chi connectivity index (χ1n) is 21.3. The largest absolute Gasteiger partial charge is 0.455 e. The summed E-state index contributed by atoms with van der Waals surface area (Å²) in [6.07, 6.45) is 0. The lowest BCUT2D eigenvalue weighted by atomic mass is 9.92. The maximum Gasteiger partial charge on any atom is 0.164 e. The van der Waals surface area contributed by atoms with Gasteiger partial charge in [0.25, 0.3) is 0 Å². The monoisotopic (exact) mass is 803 g/mol. The number of fused-ring (bicyclic) bond motifs is 5. The van der Waals surface area contributed by atoms with Gasteiger partial charge in [-0.2, -0.15) is 0 Å². The Balaban J connectivity index is 1.05. The number of nitrogens with zero attached hydrogens (tertiary/aromatic N) is 3. The molecule has 0 aliphatic heterocycles. The second kappa shape index (κ2) is 15.2. The average molecular weight is 804 g/mol. The maximum absolute atomic E-state index is 6.88. The number of para-hydroxylation sites is 1. The highest BCUT2D eigenvalue weighted by atomic mass is 16.3. The molecule has 294 valence electrons. The van der Waals surface area contributed by atoms with Crippen LogP contribution in [-0.2, 0) is 0 Å². The van der Waals surface area contributed by atoms with Gasteiger partial charge in [-0.25, -0.2) is 15.0 Å². The third kappa shape index (κ3) is 6.53. The summed E-state index contributed by atoms with van der Waals surface area (Å²) in [5, 5.41) is 6.54. The predicted molar refractivity (Wildman–Crippen MR) is 260 cm³/mol. The van der Waals surface area contributed by atoms with Crippen LogP contribution >= 0.6 is 0 Å². The van der Waals surface area contributed by atoms with Crippen LogP contribution in [0.4, 0.5) is 0 Å². The van der Waals surface area contributed by atoms with Gasteiger partial charge in [0.2, 0.25) is 0 Å². The molecular formula is C59H37N3O. The molecule has 0 saturated carbocycles. The zero-order valence-electron chi connectivity index (χ0n) is 34.1. The van der Waals surface area contributed by atoms with Gasteiger partial charge in [-0.1, -0.05) is 200 Å². The summed E-state index contributed by atoms with van der Waals surface area (Å²) in [7, 11) is 0. The molecule has 63 heavy (non-hydrogen) atoms. The molecular weight excluding hydrogens is 767 g/mol. The lowest BCUT2D eigenvalue weighted by Crippen LogP contribution is -2.01. The topological polar surface area (TPSA) is 51.8 Å². The Morgan fingerprint density at radius 3 is 1.52 bits per heavy atom. The smallest absolute Gasteiger partial charge is 0.164 e. The molecule has 0 spiro atoms. The quantitative estimate of drug-likeness (QED) is 0.161. The number of benzene rings is 10. The summed E-state index contributed by atoms with van der Waals surface area (Å²) in [6.45, 7) is 0. The van der Waals surface area contributed by atoms with Crippen LogP contribution in [0.2, 0.25) is 0 Å². The number of hydrogen-bond acceptors (Lipinski definition) is 4. The fraction of sp³-hybridized carbons (Fsp3) is 0. The lowest BCUT2D eigenvalue weighted by molar-refractivity contribution is 0.670. The van der Waals surface area contributed by atoms with E-state index in [2.05, 4.69) is 200 Å². The van der Waals surface area contributed by atoms with Crippen molar-refractivity contribution in [2.75, 3.05) is 0 Å². The van der Waals surface area contributed by atoms with Crippen molar-refractivity contribution in [1.29, 1.82) is 0 Å². The molecule has 0 bridgehead atoms. The molecule has 0 radical (unpaired) electrons. The van der Waals surface area contributed by atoms with E-state index in [-0.39, 0.29) is 0 Å². The Kier molecular flexibility index (Phi) is 8.79. The Labute approximate surface area is 364 Å². The number of aromatic nitrogens is 3. The van der Waals surface area contributed by atoms with E-state index >= 15 is 0 Å². The molecule has 0 N–H and O–H groups in total. The molecule has 2 heterocycles. The molecule has 4 heteroatoms. The molecule has 2 aromatic heterocycles. The van der Waals surface area contributed by atoms with Crippen molar-refractivity contribution in [3.63, 3.8) is 0 Å². The fourth-order valence-corrected chi connectivity index (χ4v) is 9.06. The van der Waals surface area contributed by atoms with Crippen molar-refractivity contribution in [3.05, 3.63) is 224 Å². The van der Waals surface area contributed by atoms with Gasteiger partial charge in [0.15, 0.2) is 17.5 Å². The SMILES string of the molecule is c1ccc(-c2ccc(-c3nc(-c4cccc5cc(-c6ccccc6)ccc45)nc(-c4cccc5oc6c(-c7cc(-c8ccccc8)c8ccccc8c7)cccc6c45)n3)cc2)cc1. The van der Waals surface area contributed by atoms with Crippen molar-refractivity contribution < 1.29 is 4.42 Å². The molecule has 0 aliphatic rings. The predicted octanol–water partition coefficient (Wildman–Crippen LogP) is 15.7. The second-order valence-electron chi connectivity index (χ2n) is 15.9. The normalized spacial score (nSPS) is 11.5. The Hall–Kier alpha value is -8.47. The highest BCUT2D eigenvalue weighted by molar-refractivity contribution is 6.15. The van der Waals surface area contributed by atoms with Crippen molar-refractivity contribution in [2.45, 2.75) is 0 Å². The summed E-state index contributed by atoms with van der Waals surface area (Å²) in [6, 6.07) is 78.7. The van der Waals surface area contributed by atoms with Gasteiger partial charge >= 0.3 is 0 Å². The summed E-state index contributed by atoms with van der Waals surface area (Å²) in [5.41, 5.74) is 13.4. The van der Waals surface area contributed by atoms with Crippen molar-refractivity contribution in [2.24, 2.45) is 0 Å². The maximum atomic E-state index is 6.88. The van der Waals surface area contributed by atoms with Crippen LogP contribution in [0.5, 0.6) is 0 Å². The first kappa shape index (κ1) is 36.4. The van der Waals surface area contributed by atoms with Gasteiger partial charge in [-0.3, -0.25) is 0 Å². The lowest BCUT2D eigenvalue weighted by Gasteiger charge is -2.12. The summed E-state index contributed by atoms with van der Waals surface area (Å²) in [4.78, 5) is 15.8. The van der Waals surface area contributed by atoms with E-state index in [1.165, 1.54) is 27.5 Å². The molecule has 12 aromatic rings. The van der Waals surface area contributed by atoms with E-state index in [4.69, 9.17) is 19.4 Å². The van der Waals surface area contributed by atoms with Gasteiger partial charge in [0.05, 0.1) is 0 Å². The molecule has 10 aromatic carbocycles. The van der Waals surface area contributed by atoms with Gasteiger partial charge < -0.3 is 4.42 Å². The van der Waals surface area contributed by atoms with Crippen LogP contribution in [-0.4, -0.2) is 15.0 Å². The van der Waals surface area contributed by atoms with Gasteiger partial charge in [-0.15, -0.1) is 0 Å². The minimum absolute atomic E-state index is 0.579. The molecule has 0 aliphatic carbocycles.